The summed E-state index contributed by atoms with van der Waals surface area (Å²) in [6.45, 7) is 0. The maximum atomic E-state index is 4.92. The Balaban J connectivity index is 2.80. The van der Waals surface area contributed by atoms with Gasteiger partial charge >= 0.3 is 0 Å². The highest BCUT2D eigenvalue weighted by atomic mass is 36.0. The molecule has 0 unspecified atom stereocenters. The number of thiol groups is 1. The largest absolute Gasteiger partial charge is 0.171 e. The molecule has 4 heteroatoms. The molecule has 26 valence electrons. The van der Waals surface area contributed by atoms with E-state index < -0.39 is 7.88 Å². The van der Waals surface area contributed by atoms with E-state index in [0.29, 0.717) is 0 Å². The van der Waals surface area contributed by atoms with Crippen LogP contribution >= 0.6 is 21.4 Å². The van der Waals surface area contributed by atoms with Gasteiger partial charge < -0.3 is 0 Å². The lowest BCUT2D eigenvalue weighted by Crippen LogP contribution is -1.35. The van der Waals surface area contributed by atoms with Crippen molar-refractivity contribution >= 4 is 40.4 Å². The molecule has 0 rings (SSSR count). The summed E-state index contributed by atoms with van der Waals surface area (Å²) in [4.78, 5) is 0. The van der Waals surface area contributed by atoms with Crippen molar-refractivity contribution in [3.8, 4) is 0 Å². The molecule has 0 fully saturated rings. The lowest BCUT2D eigenvalue weighted by Gasteiger charge is -1.43. The van der Waals surface area contributed by atoms with Crippen LogP contribution in [0.5, 0.6) is 0 Å². The molecule has 0 atom stereocenters. The normalized spacial score (nSPS) is 8.75. The molecule has 0 saturated heterocycles. The van der Waals surface area contributed by atoms with Gasteiger partial charge in [0.25, 0.3) is 0 Å². The van der Waals surface area contributed by atoms with Crippen LogP contribution in [0, 0.1) is 0 Å². The highest BCUT2D eigenvalue weighted by molar-refractivity contribution is 8.54. The minimum atomic E-state index is -1.09. The predicted molar refractivity (Wildman–Crippen MR) is 27.8 cm³/mol. The molecule has 0 aromatic rings. The molecular weight excluding hydrogens is 135 g/mol. The van der Waals surface area contributed by atoms with Crippen molar-refractivity contribution in [1.82, 2.24) is 0 Å². The summed E-state index contributed by atoms with van der Waals surface area (Å²) in [7, 11) is 8.75. The molecule has 0 aliphatic rings. The van der Waals surface area contributed by atoms with E-state index >= 15 is 0 Å². The molecule has 0 heterocycles. The third kappa shape index (κ3) is 11.0. The molecule has 0 aromatic heterocycles. The molecule has 0 aliphatic heterocycles. The Kier molecular flexibility index (Phi) is 3.08. The fourth-order valence-corrected chi connectivity index (χ4v) is 0. The van der Waals surface area contributed by atoms with E-state index in [0.717, 1.165) is 0 Å². The standard InChI is InChI=1S/Cl2S2/c1-4(2)3/p+1. The van der Waals surface area contributed by atoms with Crippen molar-refractivity contribution in [2.24, 2.45) is 0 Å². The van der Waals surface area contributed by atoms with Gasteiger partial charge in [-0.05, 0) is 0 Å². The Morgan fingerprint density at radius 1 is 1.50 bits per heavy atom. The lowest BCUT2D eigenvalue weighted by atomic mass is 31.1. The molecule has 0 N–H and O–H groups in total. The van der Waals surface area contributed by atoms with Crippen LogP contribution in [0.2, 0.25) is 0 Å². The van der Waals surface area contributed by atoms with Gasteiger partial charge in [0.05, 0.1) is 0 Å². The summed E-state index contributed by atoms with van der Waals surface area (Å²) in [6, 6.07) is 0. The average molecular weight is 136 g/mol. The zero-order valence-electron chi connectivity index (χ0n) is 1.61. The Labute approximate surface area is 40.7 Å². The van der Waals surface area contributed by atoms with Gasteiger partial charge in [-0.15, -0.1) is 0 Å². The van der Waals surface area contributed by atoms with Gasteiger partial charge in [-0.1, -0.05) is 0 Å². The average Bonchev–Trinajstić information content (AvgIpc) is 0.811. The summed E-state index contributed by atoms with van der Waals surface area (Å²) < 4.78 is 0. The first-order chi connectivity index (χ1) is 1.73. The van der Waals surface area contributed by atoms with Crippen molar-refractivity contribution in [3.05, 3.63) is 0 Å². The molecule has 0 aromatic carbocycles. The van der Waals surface area contributed by atoms with E-state index in [1.807, 2.05) is 0 Å². The maximum Gasteiger partial charge on any atom is 0.171 e. The quantitative estimate of drug-likeness (QED) is 0.273. The second-order valence-electron chi connectivity index (χ2n) is 0.202. The second kappa shape index (κ2) is 2.39. The zero-order chi connectivity index (χ0) is 3.58. The van der Waals surface area contributed by atoms with Crippen molar-refractivity contribution in [2.45, 2.75) is 0 Å². The first-order valence-electron chi connectivity index (χ1n) is 0.521. The molecule has 0 spiro atoms. The van der Waals surface area contributed by atoms with Crippen molar-refractivity contribution < 1.29 is 0 Å². The first-order valence-corrected chi connectivity index (χ1v) is 4.69. The van der Waals surface area contributed by atoms with Crippen molar-refractivity contribution in [1.29, 1.82) is 0 Å². The lowest BCUT2D eigenvalue weighted by molar-refractivity contribution is 4.95. The Morgan fingerprint density at radius 3 is 1.50 bits per heavy atom. The van der Waals surface area contributed by atoms with Gasteiger partial charge in [0.15, 0.2) is 32.6 Å². The summed E-state index contributed by atoms with van der Waals surface area (Å²) in [6.07, 6.45) is 0. The second-order valence-corrected chi connectivity index (χ2v) is 5.45. The first kappa shape index (κ1) is 5.15. The molecule has 0 nitrogen and oxygen atoms in total. The van der Waals surface area contributed by atoms with Crippen LogP contribution in [-0.2, 0) is 19.1 Å². The minimum absolute atomic E-state index is 1.09. The Bertz CT molecular complexity index is 27.0. The van der Waals surface area contributed by atoms with E-state index in [9.17, 15) is 0 Å². The van der Waals surface area contributed by atoms with Crippen LogP contribution in [0.1, 0.15) is 0 Å². The van der Waals surface area contributed by atoms with Crippen LogP contribution < -0.4 is 0 Å². The van der Waals surface area contributed by atoms with Gasteiger partial charge in [-0.25, -0.2) is 0 Å². The number of halogens is 2. The van der Waals surface area contributed by atoms with Gasteiger partial charge in [0.2, 0.25) is 0 Å². The predicted octanol–water partition coefficient (Wildman–Crippen LogP) is 1.11. The summed E-state index contributed by atoms with van der Waals surface area (Å²) in [5, 5.41) is 0. The smallest absolute Gasteiger partial charge is 0.131 e. The topological polar surface area (TPSA) is 0 Å². The van der Waals surface area contributed by atoms with E-state index in [-0.39, 0.29) is 0 Å². The highest BCUT2D eigenvalue weighted by Crippen LogP contribution is 1.91. The van der Waals surface area contributed by atoms with Gasteiger partial charge in [-0.2, -0.15) is 0 Å². The number of hydrogen-bond donors (Lipinski definition) is 0. The van der Waals surface area contributed by atoms with Gasteiger partial charge in [0.1, 0.15) is 7.88 Å². The Morgan fingerprint density at radius 2 is 1.50 bits per heavy atom. The van der Waals surface area contributed by atoms with Crippen LogP contribution in [-0.4, -0.2) is 0 Å². The fraction of sp³-hybridized carbons (Fsp3) is 0. The van der Waals surface area contributed by atoms with Crippen LogP contribution in [0.3, 0.4) is 0 Å². The van der Waals surface area contributed by atoms with Gasteiger partial charge in [-0.3, -0.25) is 0 Å². The number of rotatable bonds is 0. The highest BCUT2D eigenvalue weighted by Gasteiger charge is 1.73. The van der Waals surface area contributed by atoms with E-state index in [2.05, 4.69) is 11.2 Å². The molecular formula is HCl2S2+. The molecule has 0 aliphatic carbocycles. The number of hydrogen-bond acceptors (Lipinski definition) is 1. The SMILES string of the molecule is S=[SH+](Cl)Cl. The summed E-state index contributed by atoms with van der Waals surface area (Å²) in [5.41, 5.74) is 0. The molecule has 0 bridgehead atoms. The monoisotopic (exact) mass is 135 g/mol. The Hall–Kier alpha value is 1.15. The van der Waals surface area contributed by atoms with Crippen LogP contribution in [0.25, 0.3) is 0 Å². The maximum absolute atomic E-state index is 4.92. The van der Waals surface area contributed by atoms with E-state index in [4.69, 9.17) is 21.4 Å². The molecule has 0 saturated carbocycles. The molecule has 4 heavy (non-hydrogen) atoms. The van der Waals surface area contributed by atoms with Crippen molar-refractivity contribution in [2.75, 3.05) is 0 Å². The van der Waals surface area contributed by atoms with Crippen molar-refractivity contribution in [3.63, 3.8) is 0 Å². The summed E-state index contributed by atoms with van der Waals surface area (Å²) >= 11 is 4.22. The minimum Gasteiger partial charge on any atom is 0.131 e. The molecule has 0 radical (unpaired) electrons. The summed E-state index contributed by atoms with van der Waals surface area (Å²) in [5.74, 6) is 0. The van der Waals surface area contributed by atoms with E-state index in [1.54, 1.807) is 0 Å². The third-order valence-electron chi connectivity index (χ3n) is 0. The zero-order valence-corrected chi connectivity index (χ0v) is 4.83. The fourth-order valence-electron chi connectivity index (χ4n) is 0. The molecule has 0 amide bonds. The van der Waals surface area contributed by atoms with Crippen LogP contribution in [0.4, 0.5) is 0 Å². The van der Waals surface area contributed by atoms with Gasteiger partial charge in [0, 0.05) is 0 Å². The third-order valence-corrected chi connectivity index (χ3v) is 0. The van der Waals surface area contributed by atoms with Crippen LogP contribution in [0.15, 0.2) is 0 Å². The van der Waals surface area contributed by atoms with E-state index in [1.165, 1.54) is 0 Å².